The van der Waals surface area contributed by atoms with Gasteiger partial charge in [0.1, 0.15) is 6.10 Å². The normalized spacial score (nSPS) is 24.5. The van der Waals surface area contributed by atoms with Crippen molar-refractivity contribution in [2.75, 3.05) is 6.61 Å². The van der Waals surface area contributed by atoms with Crippen molar-refractivity contribution < 1.29 is 14.6 Å². The molecule has 0 saturated heterocycles. The lowest BCUT2D eigenvalue weighted by molar-refractivity contribution is -0.144. The predicted molar refractivity (Wildman–Crippen MR) is 35.3 cm³/mol. The SMILES string of the molecule is O=C1C=CCC(CCO)O1. The van der Waals surface area contributed by atoms with E-state index < -0.39 is 0 Å². The maximum Gasteiger partial charge on any atom is 0.330 e. The van der Waals surface area contributed by atoms with Crippen LogP contribution in [0.15, 0.2) is 12.2 Å². The molecule has 10 heavy (non-hydrogen) atoms. The Morgan fingerprint density at radius 2 is 2.60 bits per heavy atom. The monoisotopic (exact) mass is 142 g/mol. The molecule has 0 amide bonds. The van der Waals surface area contributed by atoms with Gasteiger partial charge in [-0.3, -0.25) is 0 Å². The van der Waals surface area contributed by atoms with Gasteiger partial charge in [-0.05, 0) is 0 Å². The minimum atomic E-state index is -0.301. The molecule has 0 radical (unpaired) electrons. The van der Waals surface area contributed by atoms with Crippen molar-refractivity contribution in [2.24, 2.45) is 0 Å². The summed E-state index contributed by atoms with van der Waals surface area (Å²) in [6.45, 7) is 0.0752. The van der Waals surface area contributed by atoms with Crippen LogP contribution in [0.3, 0.4) is 0 Å². The first kappa shape index (κ1) is 7.28. The van der Waals surface area contributed by atoms with E-state index in [0.717, 1.165) is 6.42 Å². The summed E-state index contributed by atoms with van der Waals surface area (Å²) in [6.07, 6.45) is 4.34. The number of hydrogen-bond acceptors (Lipinski definition) is 3. The van der Waals surface area contributed by atoms with Crippen LogP contribution in [-0.2, 0) is 9.53 Å². The van der Waals surface area contributed by atoms with Gasteiger partial charge in [-0.1, -0.05) is 6.08 Å². The van der Waals surface area contributed by atoms with E-state index in [1.807, 2.05) is 0 Å². The summed E-state index contributed by atoms with van der Waals surface area (Å²) in [4.78, 5) is 10.6. The lowest BCUT2D eigenvalue weighted by atomic mass is 10.1. The molecule has 0 bridgehead atoms. The van der Waals surface area contributed by atoms with Crippen molar-refractivity contribution >= 4 is 5.97 Å². The number of cyclic esters (lactones) is 1. The smallest absolute Gasteiger partial charge is 0.330 e. The lowest BCUT2D eigenvalue weighted by Crippen LogP contribution is -2.20. The Balaban J connectivity index is 2.36. The van der Waals surface area contributed by atoms with E-state index in [1.165, 1.54) is 6.08 Å². The Kier molecular flexibility index (Phi) is 2.45. The van der Waals surface area contributed by atoms with E-state index >= 15 is 0 Å². The van der Waals surface area contributed by atoms with Crippen LogP contribution in [0.2, 0.25) is 0 Å². The van der Waals surface area contributed by atoms with E-state index in [0.29, 0.717) is 6.42 Å². The molecule has 0 saturated carbocycles. The van der Waals surface area contributed by atoms with Crippen molar-refractivity contribution in [3.63, 3.8) is 0 Å². The molecule has 0 aromatic heterocycles. The first-order valence-corrected chi connectivity index (χ1v) is 3.31. The highest BCUT2D eigenvalue weighted by molar-refractivity contribution is 5.82. The fourth-order valence-electron chi connectivity index (χ4n) is 0.888. The van der Waals surface area contributed by atoms with Crippen LogP contribution in [0.5, 0.6) is 0 Å². The maximum absolute atomic E-state index is 10.6. The standard InChI is InChI=1S/C7H10O3/c8-5-4-6-2-1-3-7(9)10-6/h1,3,6,8H,2,4-5H2. The van der Waals surface area contributed by atoms with Gasteiger partial charge in [0.15, 0.2) is 0 Å². The molecule has 1 atom stereocenters. The van der Waals surface area contributed by atoms with Crippen LogP contribution in [0.25, 0.3) is 0 Å². The molecular weight excluding hydrogens is 132 g/mol. The number of carbonyl (C=O) groups is 1. The molecule has 1 unspecified atom stereocenters. The molecule has 0 aromatic rings. The maximum atomic E-state index is 10.6. The van der Waals surface area contributed by atoms with Crippen molar-refractivity contribution in [1.29, 1.82) is 0 Å². The molecule has 1 rings (SSSR count). The average molecular weight is 142 g/mol. The summed E-state index contributed by atoms with van der Waals surface area (Å²) < 4.78 is 4.84. The highest BCUT2D eigenvalue weighted by Gasteiger charge is 2.14. The number of esters is 1. The van der Waals surface area contributed by atoms with Gasteiger partial charge in [0.2, 0.25) is 0 Å². The number of aliphatic hydroxyl groups excluding tert-OH is 1. The van der Waals surface area contributed by atoms with E-state index in [2.05, 4.69) is 0 Å². The van der Waals surface area contributed by atoms with Crippen LogP contribution < -0.4 is 0 Å². The number of rotatable bonds is 2. The first-order valence-electron chi connectivity index (χ1n) is 3.31. The summed E-state index contributed by atoms with van der Waals surface area (Å²) in [5.41, 5.74) is 0. The van der Waals surface area contributed by atoms with Gasteiger partial charge in [0.05, 0.1) is 0 Å². The fourth-order valence-corrected chi connectivity index (χ4v) is 0.888. The summed E-state index contributed by atoms with van der Waals surface area (Å²) in [7, 11) is 0. The van der Waals surface area contributed by atoms with Crippen LogP contribution in [0.1, 0.15) is 12.8 Å². The third kappa shape index (κ3) is 1.84. The largest absolute Gasteiger partial charge is 0.459 e. The topological polar surface area (TPSA) is 46.5 Å². The van der Waals surface area contributed by atoms with Gasteiger partial charge < -0.3 is 9.84 Å². The average Bonchev–Trinajstić information content (AvgIpc) is 1.88. The van der Waals surface area contributed by atoms with E-state index in [1.54, 1.807) is 6.08 Å². The molecule has 0 aliphatic carbocycles. The predicted octanol–water partition coefficient (Wildman–Crippen LogP) is 0.240. The van der Waals surface area contributed by atoms with E-state index in [9.17, 15) is 4.79 Å². The van der Waals surface area contributed by atoms with Crippen LogP contribution in [0, 0.1) is 0 Å². The lowest BCUT2D eigenvalue weighted by Gasteiger charge is -2.16. The third-order valence-corrected chi connectivity index (χ3v) is 1.39. The van der Waals surface area contributed by atoms with Gasteiger partial charge in [-0.25, -0.2) is 4.79 Å². The molecule has 1 aliphatic heterocycles. The Hall–Kier alpha value is -0.830. The second-order valence-corrected chi connectivity index (χ2v) is 2.21. The Labute approximate surface area is 59.3 Å². The molecule has 56 valence electrons. The highest BCUT2D eigenvalue weighted by atomic mass is 16.5. The van der Waals surface area contributed by atoms with Gasteiger partial charge in [-0.2, -0.15) is 0 Å². The van der Waals surface area contributed by atoms with Crippen LogP contribution >= 0.6 is 0 Å². The fraction of sp³-hybridized carbons (Fsp3) is 0.571. The molecule has 1 N–H and O–H groups in total. The number of carbonyl (C=O) groups excluding carboxylic acids is 1. The zero-order valence-electron chi connectivity index (χ0n) is 5.62. The Bertz CT molecular complexity index is 151. The van der Waals surface area contributed by atoms with Gasteiger partial charge in [-0.15, -0.1) is 0 Å². The minimum absolute atomic E-state index is 0.0752. The first-order chi connectivity index (χ1) is 4.83. The van der Waals surface area contributed by atoms with Crippen molar-refractivity contribution in [3.8, 4) is 0 Å². The third-order valence-electron chi connectivity index (χ3n) is 1.39. The van der Waals surface area contributed by atoms with Crippen LogP contribution in [0.4, 0.5) is 0 Å². The molecule has 0 fully saturated rings. The van der Waals surface area contributed by atoms with Crippen molar-refractivity contribution in [1.82, 2.24) is 0 Å². The Morgan fingerprint density at radius 1 is 1.80 bits per heavy atom. The van der Waals surface area contributed by atoms with Crippen molar-refractivity contribution in [2.45, 2.75) is 18.9 Å². The van der Waals surface area contributed by atoms with Gasteiger partial charge in [0.25, 0.3) is 0 Å². The zero-order chi connectivity index (χ0) is 7.40. The minimum Gasteiger partial charge on any atom is -0.459 e. The quantitative estimate of drug-likeness (QED) is 0.562. The van der Waals surface area contributed by atoms with Crippen LogP contribution in [-0.4, -0.2) is 23.8 Å². The molecule has 1 aliphatic rings. The molecule has 0 spiro atoms. The summed E-state index contributed by atoms with van der Waals surface area (Å²) in [5, 5.41) is 8.49. The van der Waals surface area contributed by atoms with Crippen molar-refractivity contribution in [3.05, 3.63) is 12.2 Å². The molecule has 3 nitrogen and oxygen atoms in total. The van der Waals surface area contributed by atoms with Gasteiger partial charge in [0, 0.05) is 25.5 Å². The zero-order valence-corrected chi connectivity index (χ0v) is 5.62. The number of ether oxygens (including phenoxy) is 1. The summed E-state index contributed by atoms with van der Waals surface area (Å²) >= 11 is 0. The van der Waals surface area contributed by atoms with E-state index in [4.69, 9.17) is 9.84 Å². The Morgan fingerprint density at radius 3 is 3.20 bits per heavy atom. The highest BCUT2D eigenvalue weighted by Crippen LogP contribution is 2.09. The second-order valence-electron chi connectivity index (χ2n) is 2.21. The summed E-state index contributed by atoms with van der Waals surface area (Å²) in [6, 6.07) is 0. The van der Waals surface area contributed by atoms with Gasteiger partial charge >= 0.3 is 5.97 Å². The summed E-state index contributed by atoms with van der Waals surface area (Å²) in [5.74, 6) is -0.301. The molecule has 1 heterocycles. The molecule has 0 aromatic carbocycles. The number of hydrogen-bond donors (Lipinski definition) is 1. The molecular formula is C7H10O3. The second kappa shape index (κ2) is 3.37. The molecule has 3 heteroatoms. The van der Waals surface area contributed by atoms with E-state index in [-0.39, 0.29) is 18.7 Å². The number of aliphatic hydroxyl groups is 1.